The molecule has 0 aliphatic rings. The van der Waals surface area contributed by atoms with Crippen LogP contribution in [0.15, 0.2) is 16.8 Å². The Balaban J connectivity index is 1.94. The lowest BCUT2D eigenvalue weighted by Crippen LogP contribution is -2.20. The molecule has 17 heavy (non-hydrogen) atoms. The first kappa shape index (κ1) is 12.7. The number of rotatable bonds is 6. The van der Waals surface area contributed by atoms with Crippen LogP contribution in [0.2, 0.25) is 0 Å². The second-order valence-corrected chi connectivity index (χ2v) is 6.04. The van der Waals surface area contributed by atoms with E-state index in [9.17, 15) is 0 Å². The molecule has 0 saturated carbocycles. The predicted octanol–water partition coefficient (Wildman–Crippen LogP) is 3.54. The summed E-state index contributed by atoms with van der Waals surface area (Å²) in [7, 11) is 0. The van der Waals surface area contributed by atoms with E-state index in [2.05, 4.69) is 39.3 Å². The molecule has 2 heterocycles. The van der Waals surface area contributed by atoms with Gasteiger partial charge in [-0.15, -0.1) is 21.5 Å². The van der Waals surface area contributed by atoms with Crippen molar-refractivity contribution >= 4 is 22.7 Å². The smallest absolute Gasteiger partial charge is 0.131 e. The van der Waals surface area contributed by atoms with Crippen molar-refractivity contribution in [2.24, 2.45) is 0 Å². The molecule has 0 fully saturated rings. The van der Waals surface area contributed by atoms with Gasteiger partial charge in [-0.25, -0.2) is 0 Å². The number of aromatic nitrogens is 2. The van der Waals surface area contributed by atoms with E-state index >= 15 is 0 Å². The fraction of sp³-hybridized carbons (Fsp3) is 0.500. The molecule has 0 radical (unpaired) electrons. The molecule has 3 nitrogen and oxygen atoms in total. The highest BCUT2D eigenvalue weighted by Crippen LogP contribution is 2.21. The summed E-state index contributed by atoms with van der Waals surface area (Å²) in [4.78, 5) is 0. The molecule has 92 valence electrons. The standard InChI is InChI=1S/C12H17N3S2/c1-3-4-11(10-5-6-16-8-10)13-7-12-15-14-9(2)17-12/h5-6,8,11,13H,3-4,7H2,1-2H3. The van der Waals surface area contributed by atoms with Crippen molar-refractivity contribution < 1.29 is 0 Å². The summed E-state index contributed by atoms with van der Waals surface area (Å²) in [6.45, 7) is 5.02. The molecule has 2 aromatic heterocycles. The second kappa shape index (κ2) is 6.23. The van der Waals surface area contributed by atoms with Crippen molar-refractivity contribution in [3.05, 3.63) is 32.4 Å². The van der Waals surface area contributed by atoms with Crippen LogP contribution in [-0.2, 0) is 6.54 Å². The SMILES string of the molecule is CCCC(NCc1nnc(C)s1)c1ccsc1. The van der Waals surface area contributed by atoms with Gasteiger partial charge in [-0.05, 0) is 35.7 Å². The van der Waals surface area contributed by atoms with Gasteiger partial charge in [0, 0.05) is 6.04 Å². The Morgan fingerprint density at radius 2 is 2.29 bits per heavy atom. The van der Waals surface area contributed by atoms with Crippen LogP contribution in [0.5, 0.6) is 0 Å². The van der Waals surface area contributed by atoms with E-state index < -0.39 is 0 Å². The lowest BCUT2D eigenvalue weighted by atomic mass is 10.1. The molecule has 0 aliphatic carbocycles. The van der Waals surface area contributed by atoms with Crippen molar-refractivity contribution in [1.29, 1.82) is 0 Å². The first-order valence-corrected chi connectivity index (χ1v) is 7.60. The van der Waals surface area contributed by atoms with Crippen LogP contribution in [0, 0.1) is 6.92 Å². The average molecular weight is 267 g/mol. The maximum Gasteiger partial charge on any atom is 0.131 e. The highest BCUT2D eigenvalue weighted by molar-refractivity contribution is 7.11. The summed E-state index contributed by atoms with van der Waals surface area (Å²) in [6.07, 6.45) is 2.34. The van der Waals surface area contributed by atoms with E-state index in [1.807, 2.05) is 6.92 Å². The minimum atomic E-state index is 0.440. The summed E-state index contributed by atoms with van der Waals surface area (Å²) in [6, 6.07) is 2.64. The molecule has 0 bridgehead atoms. The van der Waals surface area contributed by atoms with Gasteiger partial charge in [0.15, 0.2) is 0 Å². The third-order valence-electron chi connectivity index (χ3n) is 2.59. The predicted molar refractivity (Wildman–Crippen MR) is 73.5 cm³/mol. The number of hydrogen-bond donors (Lipinski definition) is 1. The number of nitrogens with one attached hydrogen (secondary N) is 1. The first-order valence-electron chi connectivity index (χ1n) is 5.84. The molecule has 0 saturated heterocycles. The fourth-order valence-electron chi connectivity index (χ4n) is 1.77. The molecule has 0 aliphatic heterocycles. The van der Waals surface area contributed by atoms with Gasteiger partial charge in [-0.1, -0.05) is 13.3 Å². The molecular weight excluding hydrogens is 250 g/mol. The summed E-state index contributed by atoms with van der Waals surface area (Å²) < 4.78 is 0. The second-order valence-electron chi connectivity index (χ2n) is 3.99. The van der Waals surface area contributed by atoms with E-state index in [-0.39, 0.29) is 0 Å². The molecule has 0 amide bonds. The van der Waals surface area contributed by atoms with Gasteiger partial charge in [0.25, 0.3) is 0 Å². The van der Waals surface area contributed by atoms with E-state index in [4.69, 9.17) is 0 Å². The number of nitrogens with zero attached hydrogens (tertiary/aromatic N) is 2. The molecular formula is C12H17N3S2. The van der Waals surface area contributed by atoms with Crippen LogP contribution >= 0.6 is 22.7 Å². The lowest BCUT2D eigenvalue weighted by Gasteiger charge is -2.15. The topological polar surface area (TPSA) is 37.8 Å². The Morgan fingerprint density at radius 1 is 1.41 bits per heavy atom. The maximum absolute atomic E-state index is 4.14. The molecule has 0 spiro atoms. The highest BCUT2D eigenvalue weighted by Gasteiger charge is 2.11. The van der Waals surface area contributed by atoms with Crippen LogP contribution in [0.25, 0.3) is 0 Å². The van der Waals surface area contributed by atoms with E-state index in [0.29, 0.717) is 6.04 Å². The van der Waals surface area contributed by atoms with Crippen LogP contribution in [0.1, 0.15) is 41.4 Å². The van der Waals surface area contributed by atoms with Gasteiger partial charge in [0.2, 0.25) is 0 Å². The Labute approximate surface area is 110 Å². The minimum absolute atomic E-state index is 0.440. The van der Waals surface area contributed by atoms with Gasteiger partial charge in [-0.2, -0.15) is 11.3 Å². The summed E-state index contributed by atoms with van der Waals surface area (Å²) in [5, 5.41) is 18.2. The largest absolute Gasteiger partial charge is 0.303 e. The van der Waals surface area contributed by atoms with Crippen molar-refractivity contribution in [1.82, 2.24) is 15.5 Å². The zero-order chi connectivity index (χ0) is 12.1. The average Bonchev–Trinajstić information content (AvgIpc) is 2.95. The van der Waals surface area contributed by atoms with Crippen LogP contribution in [0.3, 0.4) is 0 Å². The number of thiophene rings is 1. The van der Waals surface area contributed by atoms with Gasteiger partial charge in [-0.3, -0.25) is 0 Å². The van der Waals surface area contributed by atoms with Crippen molar-refractivity contribution in [3.8, 4) is 0 Å². The Kier molecular flexibility index (Phi) is 4.65. The lowest BCUT2D eigenvalue weighted by molar-refractivity contribution is 0.493. The third kappa shape index (κ3) is 3.59. The summed E-state index contributed by atoms with van der Waals surface area (Å²) in [5.41, 5.74) is 1.39. The minimum Gasteiger partial charge on any atom is -0.303 e. The monoisotopic (exact) mass is 267 g/mol. The zero-order valence-corrected chi connectivity index (χ0v) is 11.8. The zero-order valence-electron chi connectivity index (χ0n) is 10.1. The summed E-state index contributed by atoms with van der Waals surface area (Å²) in [5.74, 6) is 0. The van der Waals surface area contributed by atoms with Crippen LogP contribution < -0.4 is 5.32 Å². The van der Waals surface area contributed by atoms with E-state index in [0.717, 1.165) is 23.0 Å². The van der Waals surface area contributed by atoms with Crippen molar-refractivity contribution in [2.45, 2.75) is 39.3 Å². The number of aryl methyl sites for hydroxylation is 1. The third-order valence-corrected chi connectivity index (χ3v) is 4.13. The van der Waals surface area contributed by atoms with Gasteiger partial charge in [0.1, 0.15) is 10.0 Å². The number of hydrogen-bond acceptors (Lipinski definition) is 5. The molecule has 1 atom stereocenters. The van der Waals surface area contributed by atoms with Crippen LogP contribution in [-0.4, -0.2) is 10.2 Å². The molecule has 1 unspecified atom stereocenters. The first-order chi connectivity index (χ1) is 8.29. The Hall–Kier alpha value is -0.780. The normalized spacial score (nSPS) is 12.8. The molecule has 1 N–H and O–H groups in total. The molecule has 2 rings (SSSR count). The maximum atomic E-state index is 4.14. The van der Waals surface area contributed by atoms with Crippen LogP contribution in [0.4, 0.5) is 0 Å². The quantitative estimate of drug-likeness (QED) is 0.870. The summed E-state index contributed by atoms with van der Waals surface area (Å²) >= 11 is 3.42. The van der Waals surface area contributed by atoms with Gasteiger partial charge in [0.05, 0.1) is 6.54 Å². The van der Waals surface area contributed by atoms with E-state index in [1.54, 1.807) is 22.7 Å². The molecule has 0 aromatic carbocycles. The van der Waals surface area contributed by atoms with Gasteiger partial charge >= 0.3 is 0 Å². The van der Waals surface area contributed by atoms with Crippen molar-refractivity contribution in [2.75, 3.05) is 0 Å². The van der Waals surface area contributed by atoms with E-state index in [1.165, 1.54) is 12.0 Å². The fourth-order valence-corrected chi connectivity index (χ4v) is 3.14. The highest BCUT2D eigenvalue weighted by atomic mass is 32.1. The van der Waals surface area contributed by atoms with Gasteiger partial charge < -0.3 is 5.32 Å². The Bertz CT molecular complexity index is 436. The molecule has 5 heteroatoms. The van der Waals surface area contributed by atoms with Crippen molar-refractivity contribution in [3.63, 3.8) is 0 Å². The molecule has 2 aromatic rings. The Morgan fingerprint density at radius 3 is 2.88 bits per heavy atom.